The van der Waals surface area contributed by atoms with Crippen LogP contribution in [0.3, 0.4) is 0 Å². The van der Waals surface area contributed by atoms with Crippen LogP contribution in [-0.4, -0.2) is 30.8 Å². The molecule has 0 radical (unpaired) electrons. The largest absolute Gasteiger partial charge is 1.00 e. The number of halogens is 25. The molecule has 1 fully saturated rings. The molecule has 2 heterocycles. The Hall–Kier alpha value is -8.56. The average molecular weight is 1450 g/mol. The third-order valence-electron chi connectivity index (χ3n) is 17.1. The first-order valence-corrected chi connectivity index (χ1v) is 28.5. The third kappa shape index (κ3) is 14.0. The van der Waals surface area contributed by atoms with Crippen molar-refractivity contribution in [3.05, 3.63) is 225 Å². The minimum absolute atomic E-state index is 0. The molecular weight excluding hydrogens is 1410 g/mol. The fraction of sp³-hybridized carbons (Fsp3) is 0.200. The van der Waals surface area contributed by atoms with Gasteiger partial charge in [-0.25, -0.2) is 0 Å². The van der Waals surface area contributed by atoms with Crippen LogP contribution in [0.4, 0.5) is 105 Å². The highest BCUT2D eigenvalue weighted by Crippen LogP contribution is 2.53. The van der Waals surface area contributed by atoms with E-state index in [1.165, 1.54) is 12.1 Å². The molecule has 10 aromatic carbocycles. The molecule has 0 unspecified atom stereocenters. The summed E-state index contributed by atoms with van der Waals surface area (Å²) in [4.78, 5) is 0. The van der Waals surface area contributed by atoms with E-state index in [0.29, 0.717) is 70.1 Å². The van der Waals surface area contributed by atoms with Crippen molar-refractivity contribution in [2.24, 2.45) is 0 Å². The van der Waals surface area contributed by atoms with Gasteiger partial charge in [-0.05, 0) is 210 Å². The zero-order valence-corrected chi connectivity index (χ0v) is 50.3. The number of benzene rings is 10. The summed E-state index contributed by atoms with van der Waals surface area (Å²) in [6.45, 7) is -0.193. The Labute approximate surface area is 543 Å². The quantitative estimate of drug-likeness (QED) is 0.119. The van der Waals surface area contributed by atoms with E-state index in [1.807, 2.05) is 0 Å². The van der Waals surface area contributed by atoms with Gasteiger partial charge in [-0.1, -0.05) is 48.5 Å². The lowest BCUT2D eigenvalue weighted by molar-refractivity contribution is -0.959. The minimum Gasteiger partial charge on any atom is -1.00 e. The second-order valence-electron chi connectivity index (χ2n) is 23.5. The Balaban J connectivity index is 0.00000954. The molecule has 0 saturated carbocycles. The molecule has 0 atom stereocenters. The zero-order valence-electron chi connectivity index (χ0n) is 48.7. The maximum Gasteiger partial charge on any atom is 0.416 e. The van der Waals surface area contributed by atoms with Crippen LogP contribution >= 0.6 is 0 Å². The SMILES string of the molecule is FC(F)(F)c1cc(-c2cc(-c3cc(C(F)(F)F)cc(C(F)(F)F)c3)cc(-c3cc4ccccc4c4c3C[N+]3(CCOCC3)Cc3c(-c5cc(-c6cc(C(F)(F)F)cc(C(F)(F)F)c6)cc(-c6cc(C(F)(F)F)cc(C(F)(F)F)c6)c5)cc5ccccc5c3-4)c2)cc(C(F)(F)F)c1.[Br-]. The monoisotopic (exact) mass is 1450 g/mol. The number of rotatable bonds is 6. The molecule has 12 rings (SSSR count). The summed E-state index contributed by atoms with van der Waals surface area (Å²) < 4.78 is 357. The highest BCUT2D eigenvalue weighted by Gasteiger charge is 2.44. The van der Waals surface area contributed by atoms with Crippen molar-refractivity contribution in [3.8, 4) is 77.9 Å². The Morgan fingerprint density at radius 3 is 0.711 bits per heavy atom. The van der Waals surface area contributed by atoms with Crippen molar-refractivity contribution in [1.29, 1.82) is 0 Å². The number of nitrogens with zero attached hydrogens (tertiary/aromatic N) is 1. The fourth-order valence-corrected chi connectivity index (χ4v) is 12.7. The van der Waals surface area contributed by atoms with Crippen LogP contribution in [0.2, 0.25) is 0 Å². The molecule has 10 aromatic rings. The van der Waals surface area contributed by atoms with Crippen molar-refractivity contribution in [3.63, 3.8) is 0 Å². The number of hydrogen-bond acceptors (Lipinski definition) is 1. The average Bonchev–Trinajstić information content (AvgIpc) is 1.64. The highest BCUT2D eigenvalue weighted by molar-refractivity contribution is 6.12. The molecule has 0 aliphatic carbocycles. The summed E-state index contributed by atoms with van der Waals surface area (Å²) in [5.41, 5.74) is -19.5. The lowest BCUT2D eigenvalue weighted by Crippen LogP contribution is -3.00. The van der Waals surface area contributed by atoms with Crippen LogP contribution in [0, 0.1) is 0 Å². The van der Waals surface area contributed by atoms with E-state index in [2.05, 4.69) is 0 Å². The molecule has 2 aliphatic rings. The maximum absolute atomic E-state index is 14.6. The molecule has 2 aliphatic heterocycles. The van der Waals surface area contributed by atoms with Crippen molar-refractivity contribution >= 4 is 21.5 Å². The predicted molar refractivity (Wildman–Crippen MR) is 308 cm³/mol. The minimum atomic E-state index is -5.47. The van der Waals surface area contributed by atoms with E-state index in [-0.39, 0.29) is 130 Å². The number of morpholine rings is 1. The van der Waals surface area contributed by atoms with Crippen molar-refractivity contribution in [2.45, 2.75) is 62.5 Å². The van der Waals surface area contributed by atoms with Gasteiger partial charge in [-0.2, -0.15) is 105 Å². The molecular formula is C70H40BrF24NO. The van der Waals surface area contributed by atoms with E-state index in [1.54, 1.807) is 48.5 Å². The molecule has 97 heavy (non-hydrogen) atoms. The topological polar surface area (TPSA) is 9.23 Å². The lowest BCUT2D eigenvalue weighted by Gasteiger charge is -2.41. The van der Waals surface area contributed by atoms with Crippen LogP contribution in [0.5, 0.6) is 0 Å². The molecule has 0 aromatic heterocycles. The normalized spacial score (nSPS) is 14.9. The van der Waals surface area contributed by atoms with E-state index >= 15 is 0 Å². The number of hydrogen-bond donors (Lipinski definition) is 0. The smallest absolute Gasteiger partial charge is 0.416 e. The summed E-state index contributed by atoms with van der Waals surface area (Å²) in [6, 6.07) is 23.6. The van der Waals surface area contributed by atoms with Gasteiger partial charge in [-0.3, -0.25) is 0 Å². The second kappa shape index (κ2) is 24.2. The van der Waals surface area contributed by atoms with Gasteiger partial charge in [0.15, 0.2) is 0 Å². The van der Waals surface area contributed by atoms with Gasteiger partial charge < -0.3 is 26.2 Å². The first kappa shape index (κ1) is 69.8. The van der Waals surface area contributed by atoms with Crippen molar-refractivity contribution in [1.82, 2.24) is 0 Å². The van der Waals surface area contributed by atoms with Gasteiger partial charge in [0, 0.05) is 22.3 Å². The molecule has 27 heteroatoms. The number of quaternary nitrogens is 1. The van der Waals surface area contributed by atoms with Crippen molar-refractivity contribution in [2.75, 3.05) is 26.3 Å². The van der Waals surface area contributed by atoms with Gasteiger partial charge in [0.25, 0.3) is 0 Å². The molecule has 0 amide bonds. The number of fused-ring (bicyclic) bond motifs is 7. The van der Waals surface area contributed by atoms with Crippen LogP contribution in [0.25, 0.3) is 99.4 Å². The lowest BCUT2D eigenvalue weighted by atomic mass is 9.81. The first-order chi connectivity index (χ1) is 44.5. The van der Waals surface area contributed by atoms with E-state index in [9.17, 15) is 105 Å². The molecule has 1 spiro atoms. The Morgan fingerprint density at radius 1 is 0.258 bits per heavy atom. The van der Waals surface area contributed by atoms with Crippen LogP contribution in [0.1, 0.15) is 55.6 Å². The summed E-state index contributed by atoms with van der Waals surface area (Å²) >= 11 is 0. The predicted octanol–water partition coefficient (Wildman–Crippen LogP) is 20.7. The molecule has 1 saturated heterocycles. The van der Waals surface area contributed by atoms with E-state index in [4.69, 9.17) is 4.74 Å². The van der Waals surface area contributed by atoms with Crippen molar-refractivity contribution < 1.29 is 132 Å². The van der Waals surface area contributed by atoms with E-state index in [0.717, 1.165) is 36.4 Å². The Morgan fingerprint density at radius 2 is 0.474 bits per heavy atom. The molecule has 2 nitrogen and oxygen atoms in total. The van der Waals surface area contributed by atoms with Gasteiger partial charge in [-0.15, -0.1) is 0 Å². The standard InChI is InChI=1S/C70H40F24NO.BrH/c71-63(72,73)47-19-41(20-48(29-47)64(74,75)76)37-13-38(42-21-49(65(77,78)79)30-50(22-42)66(80,81)82)16-45(15-37)57-27-35-5-1-3-7-55(35)61-59(57)33-95(9-11-96-12-10-95)34-60-58(28-36-6-2-4-8-56(36)62(60)61)46-17-39(43-23-51(67(83,84)85)31-52(24-43)68(86,87)88)14-40(18-46)44-25-53(69(89,90)91)32-54(26-44)70(92,93)94;/h1-8,13-32H,9-12,33-34H2;1H/q+1;/p-1. The first-order valence-electron chi connectivity index (χ1n) is 28.5. The number of ether oxygens (including phenoxy) is 1. The maximum atomic E-state index is 14.6. The van der Waals surface area contributed by atoms with Gasteiger partial charge >= 0.3 is 49.4 Å². The summed E-state index contributed by atoms with van der Waals surface area (Å²) in [5, 5.41) is 1.36. The Bertz CT molecular complexity index is 4140. The molecule has 0 N–H and O–H groups in total. The molecule has 0 bridgehead atoms. The van der Waals surface area contributed by atoms with Crippen LogP contribution < -0.4 is 17.0 Å². The second-order valence-corrected chi connectivity index (χ2v) is 23.5. The van der Waals surface area contributed by atoms with Crippen LogP contribution in [-0.2, 0) is 67.2 Å². The third-order valence-corrected chi connectivity index (χ3v) is 17.1. The van der Waals surface area contributed by atoms with Gasteiger partial charge in [0.1, 0.15) is 26.2 Å². The summed E-state index contributed by atoms with van der Waals surface area (Å²) in [6.07, 6.45) is -43.7. The number of alkyl halides is 24. The zero-order chi connectivity index (χ0) is 69.4. The highest BCUT2D eigenvalue weighted by atomic mass is 79.9. The molecule has 506 valence electrons. The van der Waals surface area contributed by atoms with E-state index < -0.39 is 138 Å². The summed E-state index contributed by atoms with van der Waals surface area (Å²) in [7, 11) is 0. The van der Waals surface area contributed by atoms with Gasteiger partial charge in [0.05, 0.1) is 57.7 Å². The van der Waals surface area contributed by atoms with Crippen LogP contribution in [0.15, 0.2) is 170 Å². The Kier molecular flexibility index (Phi) is 17.4. The fourth-order valence-electron chi connectivity index (χ4n) is 12.7. The van der Waals surface area contributed by atoms with Gasteiger partial charge in [0.2, 0.25) is 0 Å². The summed E-state index contributed by atoms with van der Waals surface area (Å²) in [5.74, 6) is 0.